The number of ether oxygens (including phenoxy) is 2. The Labute approximate surface area is 273 Å². The van der Waals surface area contributed by atoms with E-state index in [4.69, 9.17) is 32.7 Å². The first-order valence-electron chi connectivity index (χ1n) is 14.8. The van der Waals surface area contributed by atoms with Gasteiger partial charge in [0.1, 0.15) is 11.4 Å². The summed E-state index contributed by atoms with van der Waals surface area (Å²) >= 11 is 12.7. The van der Waals surface area contributed by atoms with Crippen LogP contribution in [0.1, 0.15) is 77.4 Å². The van der Waals surface area contributed by atoms with Crippen molar-refractivity contribution in [2.45, 2.75) is 51.2 Å². The number of nitrogens with one attached hydrogen (secondary N) is 1. The fraction of sp³-hybridized carbons (Fsp3) is 0.306. The number of benzene rings is 4. The normalized spacial score (nSPS) is 16.4. The maximum absolute atomic E-state index is 14.0. The van der Waals surface area contributed by atoms with Gasteiger partial charge >= 0.3 is 5.97 Å². The molecule has 0 radical (unpaired) electrons. The van der Waals surface area contributed by atoms with Crippen LogP contribution in [-0.2, 0) is 9.53 Å². The van der Waals surface area contributed by atoms with E-state index in [1.165, 1.54) is 0 Å². The average molecular weight is 648 g/mol. The molecule has 0 spiro atoms. The van der Waals surface area contributed by atoms with Crippen molar-refractivity contribution in [1.82, 2.24) is 10.2 Å². The summed E-state index contributed by atoms with van der Waals surface area (Å²) in [5, 5.41) is 5.95. The van der Waals surface area contributed by atoms with E-state index in [0.717, 1.165) is 27.6 Å². The molecule has 4 aromatic rings. The van der Waals surface area contributed by atoms with Gasteiger partial charge in [-0.25, -0.2) is 0 Å². The Morgan fingerprint density at radius 3 is 2.16 bits per heavy atom. The molecule has 2 atom stereocenters. The highest BCUT2D eigenvalue weighted by Gasteiger charge is 2.37. The largest absolute Gasteiger partial charge is 0.497 e. The number of methoxy groups -OCH3 is 1. The van der Waals surface area contributed by atoms with Gasteiger partial charge in [0.2, 0.25) is 0 Å². The van der Waals surface area contributed by atoms with Gasteiger partial charge in [0.15, 0.2) is 0 Å². The van der Waals surface area contributed by atoms with Crippen molar-refractivity contribution in [3.63, 3.8) is 0 Å². The molecule has 234 valence electrons. The van der Waals surface area contributed by atoms with Crippen molar-refractivity contribution in [3.8, 4) is 5.75 Å². The van der Waals surface area contributed by atoms with E-state index in [1.807, 2.05) is 35.2 Å². The maximum Gasteiger partial charge on any atom is 0.308 e. The van der Waals surface area contributed by atoms with Crippen LogP contribution in [0.25, 0.3) is 10.8 Å². The molecule has 0 bridgehead atoms. The molecule has 4 aromatic carbocycles. The van der Waals surface area contributed by atoms with Crippen molar-refractivity contribution >= 4 is 51.8 Å². The van der Waals surface area contributed by atoms with Crippen LogP contribution in [0.5, 0.6) is 5.75 Å². The van der Waals surface area contributed by atoms with Crippen LogP contribution >= 0.6 is 23.2 Å². The second-order valence-corrected chi connectivity index (χ2v) is 13.1. The SMILES string of the molecule is COc1ccc2cc(C3CC(c4cc(Cl)cc(Cl)c4)CN3C(=O)c3ccc(C(=O)NCCC(=O)OC(C)(C)C)cc3)ccc2c1. The van der Waals surface area contributed by atoms with Crippen LogP contribution in [0.4, 0.5) is 0 Å². The van der Waals surface area contributed by atoms with Crippen LogP contribution in [0.3, 0.4) is 0 Å². The number of rotatable bonds is 8. The van der Waals surface area contributed by atoms with E-state index in [2.05, 4.69) is 23.5 Å². The molecule has 0 aromatic heterocycles. The van der Waals surface area contributed by atoms with Gasteiger partial charge < -0.3 is 19.7 Å². The predicted octanol–water partition coefficient (Wildman–Crippen LogP) is 7.99. The number of carbonyl (C=O) groups excluding carboxylic acids is 3. The Balaban J connectivity index is 1.35. The minimum absolute atomic E-state index is 0.0248. The average Bonchev–Trinajstić information content (AvgIpc) is 3.44. The van der Waals surface area contributed by atoms with E-state index in [1.54, 1.807) is 58.2 Å². The lowest BCUT2D eigenvalue weighted by Gasteiger charge is -2.25. The third-order valence-electron chi connectivity index (χ3n) is 7.80. The van der Waals surface area contributed by atoms with Gasteiger partial charge in [-0.2, -0.15) is 0 Å². The highest BCUT2D eigenvalue weighted by atomic mass is 35.5. The fourth-order valence-electron chi connectivity index (χ4n) is 5.71. The molecule has 2 amide bonds. The summed E-state index contributed by atoms with van der Waals surface area (Å²) in [5.41, 5.74) is 2.29. The number of esters is 1. The predicted molar refractivity (Wildman–Crippen MR) is 177 cm³/mol. The molecule has 9 heteroatoms. The van der Waals surface area contributed by atoms with E-state index in [-0.39, 0.29) is 42.7 Å². The lowest BCUT2D eigenvalue weighted by molar-refractivity contribution is -0.154. The topological polar surface area (TPSA) is 84.9 Å². The lowest BCUT2D eigenvalue weighted by atomic mass is 9.93. The number of hydrogen-bond donors (Lipinski definition) is 1. The Kier molecular flexibility index (Phi) is 9.70. The van der Waals surface area contributed by atoms with Gasteiger partial charge in [-0.1, -0.05) is 41.4 Å². The standard InChI is InChI=1S/C36H36Cl2N2O5/c1-36(2,3)45-33(41)13-14-39-34(42)22-5-7-23(8-6-22)35(43)40-21-28(27-16-29(37)20-30(38)17-27)19-32(40)26-10-9-25-18-31(44-4)12-11-24(25)15-26/h5-12,15-18,20,28,32H,13-14,19,21H2,1-4H3,(H,39,42). The zero-order valence-corrected chi connectivity index (χ0v) is 27.2. The molecule has 45 heavy (non-hydrogen) atoms. The quantitative estimate of drug-likeness (QED) is 0.196. The molecule has 1 aliphatic heterocycles. The number of nitrogens with zero attached hydrogens (tertiary/aromatic N) is 1. The van der Waals surface area contributed by atoms with Gasteiger partial charge in [-0.05, 0) is 110 Å². The highest BCUT2D eigenvalue weighted by Crippen LogP contribution is 2.43. The molecule has 1 N–H and O–H groups in total. The molecule has 1 aliphatic rings. The monoisotopic (exact) mass is 646 g/mol. The highest BCUT2D eigenvalue weighted by molar-refractivity contribution is 6.34. The minimum atomic E-state index is -0.582. The molecule has 1 heterocycles. The smallest absolute Gasteiger partial charge is 0.308 e. The second-order valence-electron chi connectivity index (χ2n) is 12.3. The summed E-state index contributed by atoms with van der Waals surface area (Å²) in [6.45, 7) is 6.01. The third kappa shape index (κ3) is 7.96. The molecular weight excluding hydrogens is 611 g/mol. The Morgan fingerprint density at radius 1 is 0.844 bits per heavy atom. The molecule has 7 nitrogen and oxygen atoms in total. The number of fused-ring (bicyclic) bond motifs is 1. The van der Waals surface area contributed by atoms with E-state index in [0.29, 0.717) is 34.1 Å². The maximum atomic E-state index is 14.0. The molecular formula is C36H36Cl2N2O5. The van der Waals surface area contributed by atoms with Crippen LogP contribution in [0.2, 0.25) is 10.0 Å². The summed E-state index contributed by atoms with van der Waals surface area (Å²) in [4.78, 5) is 40.6. The number of likely N-dealkylation sites (tertiary alicyclic amines) is 1. The molecule has 0 aliphatic carbocycles. The number of carbonyl (C=O) groups is 3. The second kappa shape index (κ2) is 13.5. The first-order chi connectivity index (χ1) is 21.4. The van der Waals surface area contributed by atoms with Gasteiger partial charge in [0.25, 0.3) is 11.8 Å². The third-order valence-corrected chi connectivity index (χ3v) is 8.24. The Bertz CT molecular complexity index is 1710. The van der Waals surface area contributed by atoms with Crippen molar-refractivity contribution in [2.24, 2.45) is 0 Å². The summed E-state index contributed by atoms with van der Waals surface area (Å²) in [6, 6.07) is 24.1. The molecule has 0 saturated carbocycles. The zero-order chi connectivity index (χ0) is 32.3. The van der Waals surface area contributed by atoms with Crippen LogP contribution in [0.15, 0.2) is 78.9 Å². The molecule has 1 saturated heterocycles. The van der Waals surface area contributed by atoms with Crippen molar-refractivity contribution in [2.75, 3.05) is 20.2 Å². The van der Waals surface area contributed by atoms with Crippen LogP contribution in [0, 0.1) is 0 Å². The van der Waals surface area contributed by atoms with Crippen LogP contribution < -0.4 is 10.1 Å². The minimum Gasteiger partial charge on any atom is -0.497 e. The number of amides is 2. The van der Waals surface area contributed by atoms with E-state index in [9.17, 15) is 14.4 Å². The zero-order valence-electron chi connectivity index (χ0n) is 25.7. The van der Waals surface area contributed by atoms with Crippen molar-refractivity contribution in [1.29, 1.82) is 0 Å². The Morgan fingerprint density at radius 2 is 1.49 bits per heavy atom. The van der Waals surface area contributed by atoms with E-state index < -0.39 is 5.60 Å². The number of halogens is 2. The van der Waals surface area contributed by atoms with Gasteiger partial charge in [0, 0.05) is 40.2 Å². The number of hydrogen-bond acceptors (Lipinski definition) is 5. The Hall–Kier alpha value is -4.07. The van der Waals surface area contributed by atoms with Gasteiger partial charge in [0.05, 0.1) is 19.6 Å². The molecule has 2 unspecified atom stereocenters. The molecule has 1 fully saturated rings. The summed E-state index contributed by atoms with van der Waals surface area (Å²) in [6.07, 6.45) is 0.763. The van der Waals surface area contributed by atoms with Crippen LogP contribution in [-0.4, -0.2) is 48.5 Å². The summed E-state index contributed by atoms with van der Waals surface area (Å²) < 4.78 is 10.7. The summed E-state index contributed by atoms with van der Waals surface area (Å²) in [7, 11) is 1.64. The van der Waals surface area contributed by atoms with Crippen molar-refractivity contribution in [3.05, 3.63) is 111 Å². The lowest BCUT2D eigenvalue weighted by Crippen LogP contribution is -2.31. The fourth-order valence-corrected chi connectivity index (χ4v) is 6.25. The van der Waals surface area contributed by atoms with E-state index >= 15 is 0 Å². The summed E-state index contributed by atoms with van der Waals surface area (Å²) in [5.74, 6) is -0.0410. The van der Waals surface area contributed by atoms with Crippen molar-refractivity contribution < 1.29 is 23.9 Å². The van der Waals surface area contributed by atoms with Gasteiger partial charge in [-0.15, -0.1) is 0 Å². The molecule has 5 rings (SSSR count). The first kappa shape index (κ1) is 32.3. The first-order valence-corrected chi connectivity index (χ1v) is 15.6. The van der Waals surface area contributed by atoms with Gasteiger partial charge in [-0.3, -0.25) is 14.4 Å².